The SMILES string of the molecule is NC(=O)CCC(=O)ON1C(=O)CCC1=O. The smallest absolute Gasteiger partial charge is 0.333 e. The zero-order valence-corrected chi connectivity index (χ0v) is 7.89. The van der Waals surface area contributed by atoms with Crippen LogP contribution in [0.15, 0.2) is 0 Å². The van der Waals surface area contributed by atoms with Gasteiger partial charge in [-0.1, -0.05) is 0 Å². The zero-order chi connectivity index (χ0) is 11.4. The molecule has 0 atom stereocenters. The number of rotatable bonds is 4. The van der Waals surface area contributed by atoms with Crippen molar-refractivity contribution in [3.05, 3.63) is 0 Å². The summed E-state index contributed by atoms with van der Waals surface area (Å²) in [6, 6.07) is 0. The molecule has 15 heavy (non-hydrogen) atoms. The van der Waals surface area contributed by atoms with Crippen LogP contribution in [0, 0.1) is 0 Å². The Bertz CT molecular complexity index is 309. The van der Waals surface area contributed by atoms with Crippen LogP contribution < -0.4 is 5.73 Å². The summed E-state index contributed by atoms with van der Waals surface area (Å²) in [4.78, 5) is 47.8. The number of hydrogen-bond acceptors (Lipinski definition) is 5. The normalized spacial score (nSPS) is 15.6. The fourth-order valence-electron chi connectivity index (χ4n) is 1.03. The van der Waals surface area contributed by atoms with E-state index < -0.39 is 23.7 Å². The molecule has 1 fully saturated rings. The summed E-state index contributed by atoms with van der Waals surface area (Å²) in [7, 11) is 0. The molecule has 2 N–H and O–H groups in total. The van der Waals surface area contributed by atoms with Gasteiger partial charge >= 0.3 is 5.97 Å². The van der Waals surface area contributed by atoms with Gasteiger partial charge in [0.25, 0.3) is 11.8 Å². The second kappa shape index (κ2) is 4.54. The van der Waals surface area contributed by atoms with E-state index in [2.05, 4.69) is 4.84 Å². The lowest BCUT2D eigenvalue weighted by atomic mass is 10.3. The third-order valence-electron chi connectivity index (χ3n) is 1.77. The minimum absolute atomic E-state index is 0.0436. The van der Waals surface area contributed by atoms with E-state index in [1.807, 2.05) is 0 Å². The van der Waals surface area contributed by atoms with Crippen molar-refractivity contribution in [3.8, 4) is 0 Å². The first kappa shape index (κ1) is 11.2. The first-order valence-corrected chi connectivity index (χ1v) is 4.35. The van der Waals surface area contributed by atoms with Gasteiger partial charge in [-0.05, 0) is 0 Å². The van der Waals surface area contributed by atoms with Gasteiger partial charge in [-0.15, -0.1) is 5.06 Å². The zero-order valence-electron chi connectivity index (χ0n) is 7.89. The van der Waals surface area contributed by atoms with E-state index >= 15 is 0 Å². The minimum Gasteiger partial charge on any atom is -0.370 e. The molecule has 1 rings (SSSR count). The molecule has 0 radical (unpaired) electrons. The van der Waals surface area contributed by atoms with Gasteiger partial charge in [0, 0.05) is 19.3 Å². The van der Waals surface area contributed by atoms with Crippen molar-refractivity contribution in [2.75, 3.05) is 0 Å². The fraction of sp³-hybridized carbons (Fsp3) is 0.500. The number of carbonyl (C=O) groups is 4. The second-order valence-electron chi connectivity index (χ2n) is 3.01. The number of hydroxylamine groups is 2. The summed E-state index contributed by atoms with van der Waals surface area (Å²) in [6.07, 6.45) is -0.328. The molecule has 1 saturated heterocycles. The largest absolute Gasteiger partial charge is 0.370 e. The summed E-state index contributed by atoms with van der Waals surface area (Å²) >= 11 is 0. The van der Waals surface area contributed by atoms with Crippen LogP contribution in [0.25, 0.3) is 0 Å². The Morgan fingerprint density at radius 2 is 1.73 bits per heavy atom. The van der Waals surface area contributed by atoms with Gasteiger partial charge in [0.15, 0.2) is 0 Å². The molecule has 0 spiro atoms. The number of nitrogens with two attached hydrogens (primary N) is 1. The number of primary amides is 1. The number of nitrogens with zero attached hydrogens (tertiary/aromatic N) is 1. The lowest BCUT2D eigenvalue weighted by molar-refractivity contribution is -0.197. The van der Waals surface area contributed by atoms with Gasteiger partial charge in [-0.2, -0.15) is 0 Å². The van der Waals surface area contributed by atoms with E-state index in [1.165, 1.54) is 0 Å². The summed E-state index contributed by atoms with van der Waals surface area (Å²) in [5.74, 6) is -2.57. The second-order valence-corrected chi connectivity index (χ2v) is 3.01. The Morgan fingerprint density at radius 1 is 1.20 bits per heavy atom. The van der Waals surface area contributed by atoms with Crippen molar-refractivity contribution in [1.29, 1.82) is 0 Å². The molecule has 0 saturated carbocycles. The molecule has 0 aromatic rings. The van der Waals surface area contributed by atoms with Crippen LogP contribution in [0.1, 0.15) is 25.7 Å². The lowest BCUT2D eigenvalue weighted by Crippen LogP contribution is -2.32. The van der Waals surface area contributed by atoms with Crippen LogP contribution in [0.5, 0.6) is 0 Å². The highest BCUT2D eigenvalue weighted by molar-refractivity contribution is 6.01. The van der Waals surface area contributed by atoms with Gasteiger partial charge < -0.3 is 10.6 Å². The van der Waals surface area contributed by atoms with Gasteiger partial charge in [0.2, 0.25) is 5.91 Å². The van der Waals surface area contributed by atoms with Gasteiger partial charge in [-0.25, -0.2) is 4.79 Å². The lowest BCUT2D eigenvalue weighted by Gasteiger charge is -2.11. The topological polar surface area (TPSA) is 107 Å². The number of amides is 3. The van der Waals surface area contributed by atoms with Crippen molar-refractivity contribution < 1.29 is 24.0 Å². The Kier molecular flexibility index (Phi) is 3.37. The van der Waals surface area contributed by atoms with E-state index in [0.717, 1.165) is 0 Å². The minimum atomic E-state index is -0.822. The van der Waals surface area contributed by atoms with Crippen molar-refractivity contribution in [1.82, 2.24) is 5.06 Å². The number of carbonyl (C=O) groups excluding carboxylic acids is 4. The maximum absolute atomic E-state index is 11.0. The maximum atomic E-state index is 11.0. The molecule has 7 nitrogen and oxygen atoms in total. The van der Waals surface area contributed by atoms with Crippen molar-refractivity contribution >= 4 is 23.7 Å². The predicted molar refractivity (Wildman–Crippen MR) is 45.6 cm³/mol. The first-order valence-electron chi connectivity index (χ1n) is 4.35. The van der Waals surface area contributed by atoms with Crippen LogP contribution in [-0.4, -0.2) is 28.8 Å². The van der Waals surface area contributed by atoms with Gasteiger partial charge in [-0.3, -0.25) is 14.4 Å². The highest BCUT2D eigenvalue weighted by Gasteiger charge is 2.32. The number of hydrogen-bond donors (Lipinski definition) is 1. The first-order chi connectivity index (χ1) is 7.00. The molecule has 1 aliphatic heterocycles. The summed E-state index contributed by atoms with van der Waals surface area (Å²) in [6.45, 7) is 0. The molecule has 0 unspecified atom stereocenters. The Morgan fingerprint density at radius 3 is 2.20 bits per heavy atom. The molecule has 0 aromatic carbocycles. The van der Waals surface area contributed by atoms with Crippen LogP contribution in [0.2, 0.25) is 0 Å². The van der Waals surface area contributed by atoms with Crippen molar-refractivity contribution in [3.63, 3.8) is 0 Å². The van der Waals surface area contributed by atoms with E-state index in [-0.39, 0.29) is 25.7 Å². The molecule has 7 heteroatoms. The molecule has 3 amide bonds. The summed E-state index contributed by atoms with van der Waals surface area (Å²) in [5, 5.41) is 0.434. The van der Waals surface area contributed by atoms with Crippen LogP contribution in [0.4, 0.5) is 0 Å². The van der Waals surface area contributed by atoms with Crippen molar-refractivity contribution in [2.24, 2.45) is 5.73 Å². The molecule has 82 valence electrons. The third-order valence-corrected chi connectivity index (χ3v) is 1.77. The highest BCUT2D eigenvalue weighted by atomic mass is 16.7. The summed E-state index contributed by atoms with van der Waals surface area (Å²) in [5.41, 5.74) is 4.81. The van der Waals surface area contributed by atoms with Gasteiger partial charge in [0.05, 0.1) is 6.42 Å². The molecule has 0 bridgehead atoms. The molecular weight excluding hydrogens is 204 g/mol. The van der Waals surface area contributed by atoms with E-state index in [1.54, 1.807) is 0 Å². The fourth-order valence-corrected chi connectivity index (χ4v) is 1.03. The van der Waals surface area contributed by atoms with E-state index in [0.29, 0.717) is 5.06 Å². The molecule has 0 aromatic heterocycles. The average Bonchev–Trinajstić information content (AvgIpc) is 2.46. The van der Waals surface area contributed by atoms with Crippen LogP contribution in [0.3, 0.4) is 0 Å². The highest BCUT2D eigenvalue weighted by Crippen LogP contribution is 2.12. The summed E-state index contributed by atoms with van der Waals surface area (Å²) < 4.78 is 0. The molecular formula is C8H10N2O5. The van der Waals surface area contributed by atoms with Crippen molar-refractivity contribution in [2.45, 2.75) is 25.7 Å². The molecule has 1 heterocycles. The number of imide groups is 1. The predicted octanol–water partition coefficient (Wildman–Crippen LogP) is -1.14. The Labute approximate surface area is 85.1 Å². The Hall–Kier alpha value is -1.92. The van der Waals surface area contributed by atoms with Crippen LogP contribution >= 0.6 is 0 Å². The Balaban J connectivity index is 2.40. The molecule has 0 aliphatic carbocycles. The van der Waals surface area contributed by atoms with E-state index in [4.69, 9.17) is 5.73 Å². The quantitative estimate of drug-likeness (QED) is 0.595. The van der Waals surface area contributed by atoms with Gasteiger partial charge in [0.1, 0.15) is 0 Å². The standard InChI is InChI=1S/C8H10N2O5/c9-5(11)1-4-8(14)15-10-6(12)2-3-7(10)13/h1-4H2,(H2,9,11). The monoisotopic (exact) mass is 214 g/mol. The molecule has 1 aliphatic rings. The average molecular weight is 214 g/mol. The van der Waals surface area contributed by atoms with Crippen LogP contribution in [-0.2, 0) is 24.0 Å². The third kappa shape index (κ3) is 3.04. The van der Waals surface area contributed by atoms with E-state index in [9.17, 15) is 19.2 Å². The maximum Gasteiger partial charge on any atom is 0.333 e.